The third-order valence-electron chi connectivity index (χ3n) is 4.19. The van der Waals surface area contributed by atoms with Gasteiger partial charge in [-0.15, -0.1) is 0 Å². The van der Waals surface area contributed by atoms with Crippen LogP contribution in [0.3, 0.4) is 0 Å². The summed E-state index contributed by atoms with van der Waals surface area (Å²) in [5.41, 5.74) is 1.39. The van der Waals surface area contributed by atoms with E-state index in [1.807, 2.05) is 6.92 Å². The Morgan fingerprint density at radius 1 is 1.20 bits per heavy atom. The number of nitrogens with one attached hydrogen (secondary N) is 1. The fourth-order valence-electron chi connectivity index (χ4n) is 2.77. The number of benzene rings is 2. The number of amides is 1. The second-order valence-corrected chi connectivity index (χ2v) is 6.80. The summed E-state index contributed by atoms with van der Waals surface area (Å²) in [5.74, 6) is 0.119. The number of rotatable bonds is 5. The third kappa shape index (κ3) is 4.06. The Bertz CT molecular complexity index is 1250. The Balaban J connectivity index is 1.62. The fraction of sp³-hybridized carbons (Fsp3) is 0.0500. The molecule has 0 aliphatic carbocycles. The maximum atomic E-state index is 12.6. The van der Waals surface area contributed by atoms with Crippen molar-refractivity contribution < 1.29 is 14.5 Å². The number of non-ortho nitro benzene ring substituents is 1. The lowest BCUT2D eigenvalue weighted by molar-refractivity contribution is -0.384. The normalized spacial score (nSPS) is 10.7. The van der Waals surface area contributed by atoms with Crippen LogP contribution in [0.2, 0.25) is 5.02 Å². The molecule has 0 fully saturated rings. The molecule has 9 nitrogen and oxygen atoms in total. The van der Waals surface area contributed by atoms with E-state index in [0.717, 1.165) is 5.56 Å². The van der Waals surface area contributed by atoms with E-state index in [4.69, 9.17) is 16.3 Å². The van der Waals surface area contributed by atoms with Crippen LogP contribution in [-0.2, 0) is 0 Å². The van der Waals surface area contributed by atoms with Crippen LogP contribution < -0.4 is 10.1 Å². The molecule has 0 atom stereocenters. The molecule has 2 aromatic carbocycles. The Morgan fingerprint density at radius 2 is 2.03 bits per heavy atom. The fourth-order valence-corrected chi connectivity index (χ4v) is 2.89. The number of fused-ring (bicyclic) bond motifs is 1. The number of nitrogens with zero attached hydrogens (tertiary/aromatic N) is 4. The molecular weight excluding hydrogens is 410 g/mol. The highest BCUT2D eigenvalue weighted by Gasteiger charge is 2.16. The molecule has 0 aliphatic heterocycles. The molecule has 10 heteroatoms. The second kappa shape index (κ2) is 7.80. The monoisotopic (exact) mass is 423 g/mol. The van der Waals surface area contributed by atoms with Crippen molar-refractivity contribution in [3.05, 3.63) is 87.3 Å². The largest absolute Gasteiger partial charge is 0.457 e. The standard InChI is InChI=1S/C20H14ClN5O4/c1-12-7-15(3-4-17(12)21)30-16-9-13(8-14(10-16)26(28)29)23-20(27)18-11-19-22-5-2-6-25(19)24-18/h2-11H,1H3,(H,23,27). The number of carbonyl (C=O) groups excluding carboxylic acids is 1. The van der Waals surface area contributed by atoms with E-state index >= 15 is 0 Å². The SMILES string of the molecule is Cc1cc(Oc2cc(NC(=O)c3cc4ncccn4n3)cc([N+](=O)[O-])c2)ccc1Cl. The molecule has 0 radical (unpaired) electrons. The lowest BCUT2D eigenvalue weighted by Crippen LogP contribution is -2.13. The predicted molar refractivity (Wildman–Crippen MR) is 110 cm³/mol. The number of carbonyl (C=O) groups is 1. The maximum absolute atomic E-state index is 12.6. The number of ether oxygens (including phenoxy) is 1. The summed E-state index contributed by atoms with van der Waals surface area (Å²) in [4.78, 5) is 27.4. The van der Waals surface area contributed by atoms with Gasteiger partial charge < -0.3 is 10.1 Å². The number of aryl methyl sites for hydroxylation is 1. The van der Waals surface area contributed by atoms with Gasteiger partial charge in [-0.25, -0.2) is 9.50 Å². The van der Waals surface area contributed by atoms with E-state index in [2.05, 4.69) is 15.4 Å². The van der Waals surface area contributed by atoms with Crippen LogP contribution in [0.15, 0.2) is 60.9 Å². The van der Waals surface area contributed by atoms with Crippen LogP contribution in [0.1, 0.15) is 16.1 Å². The van der Waals surface area contributed by atoms with E-state index in [1.165, 1.54) is 28.8 Å². The molecule has 1 N–H and O–H groups in total. The summed E-state index contributed by atoms with van der Waals surface area (Å²) in [5, 5.41) is 18.7. The van der Waals surface area contributed by atoms with Gasteiger partial charge in [-0.3, -0.25) is 14.9 Å². The van der Waals surface area contributed by atoms with E-state index in [0.29, 0.717) is 16.4 Å². The van der Waals surface area contributed by atoms with Gasteiger partial charge in [0.2, 0.25) is 0 Å². The predicted octanol–water partition coefficient (Wildman–Crippen LogP) is 4.64. The van der Waals surface area contributed by atoms with Gasteiger partial charge in [-0.1, -0.05) is 11.6 Å². The van der Waals surface area contributed by atoms with Crippen molar-refractivity contribution in [2.45, 2.75) is 6.92 Å². The molecule has 1 amide bonds. The Hall–Kier alpha value is -3.98. The zero-order valence-electron chi connectivity index (χ0n) is 15.6. The van der Waals surface area contributed by atoms with Crippen LogP contribution in [0.4, 0.5) is 11.4 Å². The quantitative estimate of drug-likeness (QED) is 0.369. The number of aromatic nitrogens is 3. The Morgan fingerprint density at radius 3 is 2.77 bits per heavy atom. The summed E-state index contributed by atoms with van der Waals surface area (Å²) in [6.45, 7) is 1.82. The molecule has 0 spiro atoms. The van der Waals surface area contributed by atoms with Crippen LogP contribution in [-0.4, -0.2) is 25.4 Å². The summed E-state index contributed by atoms with van der Waals surface area (Å²) in [6.07, 6.45) is 3.24. The lowest BCUT2D eigenvalue weighted by Gasteiger charge is -2.10. The van der Waals surface area contributed by atoms with Crippen molar-refractivity contribution in [2.75, 3.05) is 5.32 Å². The molecule has 0 bridgehead atoms. The van der Waals surface area contributed by atoms with Gasteiger partial charge in [0.1, 0.15) is 11.5 Å². The van der Waals surface area contributed by atoms with Gasteiger partial charge in [-0.2, -0.15) is 5.10 Å². The van der Waals surface area contributed by atoms with E-state index in [-0.39, 0.29) is 22.8 Å². The van der Waals surface area contributed by atoms with Crippen molar-refractivity contribution >= 4 is 34.5 Å². The molecule has 0 saturated carbocycles. The molecule has 2 heterocycles. The average Bonchev–Trinajstić information content (AvgIpc) is 3.15. The Kier molecular flexibility index (Phi) is 5.03. The van der Waals surface area contributed by atoms with Crippen molar-refractivity contribution in [1.29, 1.82) is 0 Å². The van der Waals surface area contributed by atoms with Crippen LogP contribution in [0.5, 0.6) is 11.5 Å². The average molecular weight is 424 g/mol. The summed E-state index contributed by atoms with van der Waals surface area (Å²) >= 11 is 6.02. The molecule has 0 saturated heterocycles. The number of halogens is 1. The summed E-state index contributed by atoms with van der Waals surface area (Å²) < 4.78 is 7.19. The van der Waals surface area contributed by atoms with Crippen molar-refractivity contribution in [3.63, 3.8) is 0 Å². The first kappa shape index (κ1) is 19.3. The highest BCUT2D eigenvalue weighted by Crippen LogP contribution is 2.31. The van der Waals surface area contributed by atoms with Gasteiger partial charge in [0, 0.05) is 35.6 Å². The third-order valence-corrected chi connectivity index (χ3v) is 4.62. The highest BCUT2D eigenvalue weighted by molar-refractivity contribution is 6.31. The van der Waals surface area contributed by atoms with Crippen molar-refractivity contribution in [3.8, 4) is 11.5 Å². The molecule has 30 heavy (non-hydrogen) atoms. The first-order valence-electron chi connectivity index (χ1n) is 8.74. The topological polar surface area (TPSA) is 112 Å². The van der Waals surface area contributed by atoms with Gasteiger partial charge in [0.15, 0.2) is 11.3 Å². The molecule has 0 unspecified atom stereocenters. The minimum Gasteiger partial charge on any atom is -0.457 e. The zero-order valence-corrected chi connectivity index (χ0v) is 16.3. The summed E-state index contributed by atoms with van der Waals surface area (Å²) in [6, 6.07) is 12.2. The highest BCUT2D eigenvalue weighted by atomic mass is 35.5. The molecule has 150 valence electrons. The minimum atomic E-state index is -0.565. The molecule has 0 aliphatic rings. The van der Waals surface area contributed by atoms with Gasteiger partial charge in [0.25, 0.3) is 11.6 Å². The lowest BCUT2D eigenvalue weighted by atomic mass is 10.2. The van der Waals surface area contributed by atoms with E-state index < -0.39 is 10.8 Å². The number of anilines is 1. The molecule has 2 aromatic heterocycles. The van der Waals surface area contributed by atoms with Gasteiger partial charge in [-0.05, 0) is 36.8 Å². The summed E-state index contributed by atoms with van der Waals surface area (Å²) in [7, 11) is 0. The van der Waals surface area contributed by atoms with E-state index in [9.17, 15) is 14.9 Å². The van der Waals surface area contributed by atoms with Crippen LogP contribution in [0, 0.1) is 17.0 Å². The minimum absolute atomic E-state index is 0.121. The molecule has 4 rings (SSSR count). The second-order valence-electron chi connectivity index (χ2n) is 6.39. The molecule has 4 aromatic rings. The van der Waals surface area contributed by atoms with Crippen LogP contribution >= 0.6 is 11.6 Å². The number of hydrogen-bond donors (Lipinski definition) is 1. The first-order chi connectivity index (χ1) is 14.4. The first-order valence-corrected chi connectivity index (χ1v) is 9.12. The number of hydrogen-bond acceptors (Lipinski definition) is 6. The van der Waals surface area contributed by atoms with Crippen LogP contribution in [0.25, 0.3) is 5.65 Å². The van der Waals surface area contributed by atoms with Gasteiger partial charge in [0.05, 0.1) is 16.7 Å². The maximum Gasteiger partial charge on any atom is 0.276 e. The Labute approximate surface area is 175 Å². The van der Waals surface area contributed by atoms with Gasteiger partial charge >= 0.3 is 0 Å². The van der Waals surface area contributed by atoms with Crippen molar-refractivity contribution in [1.82, 2.24) is 14.6 Å². The number of nitro benzene ring substituents is 1. The number of nitro groups is 1. The van der Waals surface area contributed by atoms with E-state index in [1.54, 1.807) is 36.7 Å². The molecular formula is C20H14ClN5O4. The zero-order chi connectivity index (χ0) is 21.3. The van der Waals surface area contributed by atoms with Crippen molar-refractivity contribution in [2.24, 2.45) is 0 Å². The smallest absolute Gasteiger partial charge is 0.276 e.